The number of rotatable bonds is 11. The van der Waals surface area contributed by atoms with Crippen molar-refractivity contribution >= 4 is 56.8 Å². The third-order valence-electron chi connectivity index (χ3n) is 5.82. The molecule has 0 bridgehead atoms. The van der Waals surface area contributed by atoms with Crippen LogP contribution in [0.1, 0.15) is 25.0 Å². The smallest absolute Gasteiger partial charge is 0.235 e. The van der Waals surface area contributed by atoms with Crippen LogP contribution in [0.2, 0.25) is 0 Å². The summed E-state index contributed by atoms with van der Waals surface area (Å²) in [5, 5.41) is 6.01. The van der Waals surface area contributed by atoms with Crippen molar-refractivity contribution in [1.82, 2.24) is 19.9 Å². The van der Waals surface area contributed by atoms with Gasteiger partial charge in [-0.25, -0.2) is 18.4 Å². The first-order valence-corrected chi connectivity index (χ1v) is 14.7. The third kappa shape index (κ3) is 8.56. The molecule has 2 aromatic carbocycles. The molecule has 0 saturated heterocycles. The van der Waals surface area contributed by atoms with Crippen molar-refractivity contribution in [3.05, 3.63) is 78.3 Å². The zero-order valence-electron chi connectivity index (χ0n) is 22.9. The van der Waals surface area contributed by atoms with Crippen LogP contribution in [-0.4, -0.2) is 47.4 Å². The molecular weight excluding hydrogens is 550 g/mol. The number of carbonyl (C=O) groups is 1. The van der Waals surface area contributed by atoms with Crippen molar-refractivity contribution in [2.24, 2.45) is 5.92 Å². The normalized spacial score (nSPS) is 11.5. The quantitative estimate of drug-likeness (QED) is 0.239. The average Bonchev–Trinajstić information content (AvgIpc) is 3.28. The molecule has 0 fully saturated rings. The van der Waals surface area contributed by atoms with E-state index in [9.17, 15) is 13.2 Å². The number of aryl methyl sites for hydroxylation is 1. The van der Waals surface area contributed by atoms with Crippen LogP contribution in [0, 0.1) is 12.8 Å². The number of anilines is 2. The molecule has 0 atom stereocenters. The maximum Gasteiger partial charge on any atom is 0.235 e. The molecule has 9 nitrogen and oxygen atoms in total. The molecule has 4 aromatic rings. The number of amides is 1. The van der Waals surface area contributed by atoms with E-state index in [0.717, 1.165) is 45.6 Å². The van der Waals surface area contributed by atoms with E-state index in [0.29, 0.717) is 18.3 Å². The summed E-state index contributed by atoms with van der Waals surface area (Å²) in [4.78, 5) is 20.6. The van der Waals surface area contributed by atoms with Gasteiger partial charge in [0.15, 0.2) is 15.7 Å². The Kier molecular flexibility index (Phi) is 10.3. The first kappa shape index (κ1) is 30.6. The molecule has 2 aromatic heterocycles. The zero-order valence-corrected chi connectivity index (χ0v) is 24.6. The summed E-state index contributed by atoms with van der Waals surface area (Å²) in [6.07, 6.45) is 8.64. The van der Waals surface area contributed by atoms with Crippen LogP contribution >= 0.6 is 12.4 Å². The van der Waals surface area contributed by atoms with Crippen molar-refractivity contribution in [3.8, 4) is 11.5 Å². The van der Waals surface area contributed by atoms with E-state index < -0.39 is 21.5 Å². The van der Waals surface area contributed by atoms with E-state index in [1.54, 1.807) is 0 Å². The summed E-state index contributed by atoms with van der Waals surface area (Å²) in [5.74, 6) is 1.55. The van der Waals surface area contributed by atoms with Crippen molar-refractivity contribution in [3.63, 3.8) is 0 Å². The van der Waals surface area contributed by atoms with E-state index in [-0.39, 0.29) is 19.0 Å². The highest BCUT2D eigenvalue weighted by Crippen LogP contribution is 2.30. The van der Waals surface area contributed by atoms with E-state index in [1.807, 2.05) is 66.2 Å². The van der Waals surface area contributed by atoms with Crippen LogP contribution in [0.15, 0.2) is 67.1 Å². The molecule has 0 unspecified atom stereocenters. The van der Waals surface area contributed by atoms with Crippen molar-refractivity contribution < 1.29 is 17.9 Å². The van der Waals surface area contributed by atoms with Gasteiger partial charge in [0.1, 0.15) is 29.1 Å². The highest BCUT2D eigenvalue weighted by Gasteiger charge is 2.13. The molecule has 40 heavy (non-hydrogen) atoms. The predicted octanol–water partition coefficient (Wildman–Crippen LogP) is 5.53. The summed E-state index contributed by atoms with van der Waals surface area (Å²) in [5.41, 5.74) is 4.40. The van der Waals surface area contributed by atoms with Gasteiger partial charge in [0.2, 0.25) is 5.91 Å². The van der Waals surface area contributed by atoms with Crippen molar-refractivity contribution in [2.75, 3.05) is 23.9 Å². The van der Waals surface area contributed by atoms with Crippen LogP contribution in [0.25, 0.3) is 17.1 Å². The summed E-state index contributed by atoms with van der Waals surface area (Å²) < 4.78 is 30.7. The standard InChI is InChI=1S/C29H33N5O4S.ClH/c1-20(2)8-9-22-6-5-7-24(17-22)38-26-11-10-23(16-21(26)3)33-29-28-25(31-19-32-29)12-14-34(28)15-13-30-27(35)18-39(4,36)37;/h5-12,14,16-17,19-20H,13,15,18H2,1-4H3,(H,30,35)(H,31,32,33);1H. The molecule has 4 rings (SSSR count). The number of aromatic nitrogens is 3. The highest BCUT2D eigenvalue weighted by molar-refractivity contribution is 7.91. The Morgan fingerprint density at radius 2 is 1.93 bits per heavy atom. The number of halogens is 1. The van der Waals surface area contributed by atoms with Gasteiger partial charge in [0.25, 0.3) is 0 Å². The van der Waals surface area contributed by atoms with E-state index >= 15 is 0 Å². The molecule has 0 radical (unpaired) electrons. The fourth-order valence-corrected chi connectivity index (χ4v) is 4.58. The minimum absolute atomic E-state index is 0. The second kappa shape index (κ2) is 13.5. The summed E-state index contributed by atoms with van der Waals surface area (Å²) in [6, 6.07) is 15.7. The van der Waals surface area contributed by atoms with Gasteiger partial charge >= 0.3 is 0 Å². The molecule has 0 aliphatic rings. The zero-order chi connectivity index (χ0) is 28.0. The lowest BCUT2D eigenvalue weighted by molar-refractivity contribution is -0.118. The summed E-state index contributed by atoms with van der Waals surface area (Å²) in [6.45, 7) is 6.97. The molecule has 11 heteroatoms. The Hall–Kier alpha value is -3.89. The first-order valence-electron chi connectivity index (χ1n) is 12.7. The van der Waals surface area contributed by atoms with E-state index in [4.69, 9.17) is 4.74 Å². The predicted molar refractivity (Wildman–Crippen MR) is 162 cm³/mol. The summed E-state index contributed by atoms with van der Waals surface area (Å²) >= 11 is 0. The molecule has 1 amide bonds. The maximum atomic E-state index is 11.9. The number of ether oxygens (including phenoxy) is 1. The fourth-order valence-electron chi connectivity index (χ4n) is 4.01. The molecule has 2 N–H and O–H groups in total. The number of benzene rings is 2. The number of nitrogens with one attached hydrogen (secondary N) is 2. The van der Waals surface area contributed by atoms with Crippen LogP contribution in [0.4, 0.5) is 11.5 Å². The molecule has 0 spiro atoms. The Bertz CT molecular complexity index is 1620. The lowest BCUT2D eigenvalue weighted by Gasteiger charge is -2.14. The van der Waals surface area contributed by atoms with Crippen LogP contribution < -0.4 is 15.4 Å². The number of sulfone groups is 1. The third-order valence-corrected chi connectivity index (χ3v) is 6.60. The largest absolute Gasteiger partial charge is 0.457 e. The number of hydrogen-bond donors (Lipinski definition) is 2. The molecule has 0 aliphatic heterocycles. The van der Waals surface area contributed by atoms with Gasteiger partial charge in [0.05, 0.1) is 5.52 Å². The lowest BCUT2D eigenvalue weighted by atomic mass is 10.1. The number of carbonyl (C=O) groups excluding carboxylic acids is 1. The fraction of sp³-hybridized carbons (Fsp3) is 0.276. The maximum absolute atomic E-state index is 11.9. The minimum Gasteiger partial charge on any atom is -0.457 e. The van der Waals surface area contributed by atoms with Gasteiger partial charge < -0.3 is 19.9 Å². The minimum atomic E-state index is -3.38. The first-order chi connectivity index (χ1) is 18.6. The Morgan fingerprint density at radius 1 is 1.12 bits per heavy atom. The number of hydrogen-bond acceptors (Lipinski definition) is 7. The summed E-state index contributed by atoms with van der Waals surface area (Å²) in [7, 11) is -3.38. The van der Waals surface area contributed by atoms with Gasteiger partial charge in [-0.3, -0.25) is 4.79 Å². The molecule has 0 saturated carbocycles. The lowest BCUT2D eigenvalue weighted by Crippen LogP contribution is -2.32. The van der Waals surface area contributed by atoms with Crippen molar-refractivity contribution in [1.29, 1.82) is 0 Å². The number of allylic oxidation sites excluding steroid dienone is 1. The topological polar surface area (TPSA) is 115 Å². The van der Waals surface area contributed by atoms with E-state index in [2.05, 4.69) is 46.6 Å². The van der Waals surface area contributed by atoms with Crippen molar-refractivity contribution in [2.45, 2.75) is 27.3 Å². The number of nitrogens with zero attached hydrogens (tertiary/aromatic N) is 3. The van der Waals surface area contributed by atoms with E-state index in [1.165, 1.54) is 6.33 Å². The SMILES string of the molecule is Cc1cc(Nc2ncnc3ccn(CCNC(=O)CS(C)(=O)=O)c23)ccc1Oc1cccc(C=CC(C)C)c1.Cl. The molecular formula is C29H34ClN5O4S. The van der Waals surface area contributed by atoms with Crippen LogP contribution in [0.5, 0.6) is 11.5 Å². The van der Waals surface area contributed by atoms with Gasteiger partial charge in [-0.05, 0) is 60.4 Å². The Morgan fingerprint density at radius 3 is 2.65 bits per heavy atom. The molecule has 212 valence electrons. The highest BCUT2D eigenvalue weighted by atomic mass is 35.5. The van der Waals surface area contributed by atoms with Gasteiger partial charge in [-0.15, -0.1) is 12.4 Å². The Labute approximate surface area is 241 Å². The second-order valence-electron chi connectivity index (χ2n) is 9.77. The van der Waals surface area contributed by atoms with Gasteiger partial charge in [0, 0.05) is 31.2 Å². The van der Waals surface area contributed by atoms with Crippen LogP contribution in [-0.2, 0) is 21.2 Å². The van der Waals surface area contributed by atoms with Gasteiger partial charge in [-0.2, -0.15) is 0 Å². The average molecular weight is 584 g/mol. The molecule has 2 heterocycles. The monoisotopic (exact) mass is 583 g/mol. The second-order valence-corrected chi connectivity index (χ2v) is 11.9. The number of fused-ring (bicyclic) bond motifs is 1. The molecule has 0 aliphatic carbocycles. The Balaban J connectivity index is 0.00000441. The van der Waals surface area contributed by atoms with Crippen LogP contribution in [0.3, 0.4) is 0 Å². The van der Waals surface area contributed by atoms with Gasteiger partial charge in [-0.1, -0.05) is 38.1 Å².